The number of hydrogen-bond donors (Lipinski definition) is 1. The van der Waals surface area contributed by atoms with Crippen LogP contribution in [0.4, 0.5) is 10.1 Å². The first kappa shape index (κ1) is 21.5. The molecule has 0 atom stereocenters. The molecule has 1 amide bonds. The molecule has 0 aliphatic carbocycles. The Labute approximate surface area is 186 Å². The molecule has 0 saturated heterocycles. The van der Waals surface area contributed by atoms with Gasteiger partial charge < -0.3 is 5.32 Å². The molecule has 4 rings (SSSR count). The van der Waals surface area contributed by atoms with Crippen LogP contribution in [0.2, 0.25) is 0 Å². The van der Waals surface area contributed by atoms with E-state index >= 15 is 0 Å². The number of para-hydroxylation sites is 1. The van der Waals surface area contributed by atoms with Gasteiger partial charge in [-0.15, -0.1) is 5.10 Å². The summed E-state index contributed by atoms with van der Waals surface area (Å²) in [6.07, 6.45) is 0.191. The molecule has 0 saturated carbocycles. The molecular formula is C21H20FN7O2S. The normalized spacial score (nSPS) is 11.0. The van der Waals surface area contributed by atoms with Gasteiger partial charge in [0, 0.05) is 24.9 Å². The Morgan fingerprint density at radius 2 is 1.84 bits per heavy atom. The quantitative estimate of drug-likeness (QED) is 0.432. The zero-order valence-electron chi connectivity index (χ0n) is 17.4. The average molecular weight is 454 g/mol. The summed E-state index contributed by atoms with van der Waals surface area (Å²) in [6, 6.07) is 14.9. The van der Waals surface area contributed by atoms with Gasteiger partial charge in [-0.05, 0) is 53.7 Å². The number of aromatic nitrogens is 6. The highest BCUT2D eigenvalue weighted by atomic mass is 32.2. The number of anilines is 1. The minimum Gasteiger partial charge on any atom is -0.326 e. The monoisotopic (exact) mass is 453 g/mol. The van der Waals surface area contributed by atoms with Crippen molar-refractivity contribution >= 4 is 23.4 Å². The summed E-state index contributed by atoms with van der Waals surface area (Å²) in [7, 11) is 1.80. The lowest BCUT2D eigenvalue weighted by molar-refractivity contribution is -0.115. The van der Waals surface area contributed by atoms with Crippen LogP contribution in [0.15, 0.2) is 64.5 Å². The van der Waals surface area contributed by atoms with E-state index in [1.54, 1.807) is 16.4 Å². The molecule has 2 aromatic heterocycles. The van der Waals surface area contributed by atoms with Crippen LogP contribution < -0.4 is 10.9 Å². The molecule has 0 aliphatic rings. The van der Waals surface area contributed by atoms with Crippen molar-refractivity contribution in [2.45, 2.75) is 18.5 Å². The van der Waals surface area contributed by atoms with E-state index in [0.717, 1.165) is 5.69 Å². The van der Waals surface area contributed by atoms with E-state index in [4.69, 9.17) is 0 Å². The number of rotatable bonds is 7. The maximum absolute atomic E-state index is 13.2. The topological polar surface area (TPSA) is 99.6 Å². The Balaban J connectivity index is 1.49. The molecule has 2 aromatic carbocycles. The third-order valence-corrected chi connectivity index (χ3v) is 5.79. The number of benzene rings is 2. The standard InChI is InChI=1S/C21H20FN7O2S/c1-14-19(20(31)29(27(14)2)17-6-4-3-5-7-17)28-21(24-25-26-28)32-13-12-18(30)23-16-10-8-15(22)9-11-16/h3-11H,12-13H2,1-2H3,(H,23,30). The van der Waals surface area contributed by atoms with Crippen molar-refractivity contribution in [3.05, 3.63) is 76.5 Å². The van der Waals surface area contributed by atoms with E-state index in [1.807, 2.05) is 37.3 Å². The minimum atomic E-state index is -0.368. The van der Waals surface area contributed by atoms with Crippen LogP contribution in [-0.2, 0) is 11.8 Å². The SMILES string of the molecule is Cc1c(-n2nnnc2SCCC(=O)Nc2ccc(F)cc2)c(=O)n(-c2ccccc2)n1C. The first-order chi connectivity index (χ1) is 15.5. The van der Waals surface area contributed by atoms with Crippen LogP contribution in [0.5, 0.6) is 0 Å². The second-order valence-corrected chi connectivity index (χ2v) is 8.00. The van der Waals surface area contributed by atoms with Gasteiger partial charge in [-0.1, -0.05) is 30.0 Å². The summed E-state index contributed by atoms with van der Waals surface area (Å²) >= 11 is 1.27. The molecule has 9 nitrogen and oxygen atoms in total. The highest BCUT2D eigenvalue weighted by Crippen LogP contribution is 2.21. The van der Waals surface area contributed by atoms with Crippen LogP contribution >= 0.6 is 11.8 Å². The number of halogens is 1. The number of thioether (sulfide) groups is 1. The zero-order valence-corrected chi connectivity index (χ0v) is 18.2. The second kappa shape index (κ2) is 9.18. The van der Waals surface area contributed by atoms with Gasteiger partial charge in [-0.3, -0.25) is 14.3 Å². The zero-order chi connectivity index (χ0) is 22.7. The molecule has 32 heavy (non-hydrogen) atoms. The molecule has 164 valence electrons. The molecule has 0 spiro atoms. The number of amides is 1. The van der Waals surface area contributed by atoms with E-state index in [-0.39, 0.29) is 23.7 Å². The van der Waals surface area contributed by atoms with Gasteiger partial charge in [-0.2, -0.15) is 4.68 Å². The molecule has 0 bridgehead atoms. The van der Waals surface area contributed by atoms with Gasteiger partial charge in [0.05, 0.1) is 11.4 Å². The Bertz CT molecular complexity index is 1300. The summed E-state index contributed by atoms with van der Waals surface area (Å²) in [6.45, 7) is 1.82. The molecule has 0 radical (unpaired) electrons. The maximum Gasteiger partial charge on any atom is 0.297 e. The maximum atomic E-state index is 13.2. The number of carbonyl (C=O) groups excluding carboxylic acids is 1. The number of nitrogens with one attached hydrogen (secondary N) is 1. The van der Waals surface area contributed by atoms with Crippen molar-refractivity contribution in [1.82, 2.24) is 29.6 Å². The predicted molar refractivity (Wildman–Crippen MR) is 119 cm³/mol. The fourth-order valence-electron chi connectivity index (χ4n) is 3.20. The third-order valence-electron chi connectivity index (χ3n) is 4.86. The van der Waals surface area contributed by atoms with Crippen molar-refractivity contribution in [1.29, 1.82) is 0 Å². The summed E-state index contributed by atoms with van der Waals surface area (Å²) in [5.74, 6) is -0.190. The van der Waals surface area contributed by atoms with Crippen LogP contribution in [0.1, 0.15) is 12.1 Å². The summed E-state index contributed by atoms with van der Waals surface area (Å²) < 4.78 is 17.7. The molecule has 0 aliphatic heterocycles. The molecule has 1 N–H and O–H groups in total. The summed E-state index contributed by atoms with van der Waals surface area (Å²) in [5, 5.41) is 14.8. The van der Waals surface area contributed by atoms with Gasteiger partial charge in [0.1, 0.15) is 5.82 Å². The lowest BCUT2D eigenvalue weighted by atomic mass is 10.3. The predicted octanol–water partition coefficient (Wildman–Crippen LogP) is 2.72. The van der Waals surface area contributed by atoms with Crippen molar-refractivity contribution < 1.29 is 9.18 Å². The number of nitrogens with zero attached hydrogens (tertiary/aromatic N) is 6. The molecule has 11 heteroatoms. The van der Waals surface area contributed by atoms with Gasteiger partial charge in [0.2, 0.25) is 11.1 Å². The van der Waals surface area contributed by atoms with Gasteiger partial charge >= 0.3 is 0 Å². The Morgan fingerprint density at radius 1 is 1.12 bits per heavy atom. The fraction of sp³-hybridized carbons (Fsp3) is 0.190. The molecule has 0 fully saturated rings. The van der Waals surface area contributed by atoms with E-state index in [1.165, 1.54) is 40.7 Å². The molecule has 2 heterocycles. The molecule has 4 aromatic rings. The smallest absolute Gasteiger partial charge is 0.297 e. The third kappa shape index (κ3) is 4.33. The number of hydrogen-bond acceptors (Lipinski definition) is 6. The van der Waals surface area contributed by atoms with E-state index in [9.17, 15) is 14.0 Å². The Morgan fingerprint density at radius 3 is 2.56 bits per heavy atom. The Kier molecular flexibility index (Phi) is 6.17. The van der Waals surface area contributed by atoms with Crippen molar-refractivity contribution in [2.75, 3.05) is 11.1 Å². The van der Waals surface area contributed by atoms with Crippen LogP contribution in [-0.4, -0.2) is 41.2 Å². The largest absolute Gasteiger partial charge is 0.326 e. The highest BCUT2D eigenvalue weighted by Gasteiger charge is 2.22. The first-order valence-electron chi connectivity index (χ1n) is 9.76. The lowest BCUT2D eigenvalue weighted by Gasteiger charge is -2.07. The number of tetrazole rings is 1. The highest BCUT2D eigenvalue weighted by molar-refractivity contribution is 7.99. The summed E-state index contributed by atoms with van der Waals surface area (Å²) in [5.41, 5.74) is 2.04. The lowest BCUT2D eigenvalue weighted by Crippen LogP contribution is -2.22. The second-order valence-electron chi connectivity index (χ2n) is 6.94. The van der Waals surface area contributed by atoms with Gasteiger partial charge in [0.25, 0.3) is 5.56 Å². The van der Waals surface area contributed by atoms with Crippen molar-refractivity contribution in [3.8, 4) is 11.4 Å². The van der Waals surface area contributed by atoms with Crippen LogP contribution in [0.3, 0.4) is 0 Å². The minimum absolute atomic E-state index is 0.191. The van der Waals surface area contributed by atoms with Crippen LogP contribution in [0.25, 0.3) is 11.4 Å². The molecule has 0 unspecified atom stereocenters. The van der Waals surface area contributed by atoms with Gasteiger partial charge in [-0.25, -0.2) is 9.07 Å². The summed E-state index contributed by atoms with van der Waals surface area (Å²) in [4.78, 5) is 25.4. The molecular weight excluding hydrogens is 433 g/mol. The van der Waals surface area contributed by atoms with E-state index < -0.39 is 0 Å². The number of carbonyl (C=O) groups is 1. The fourth-order valence-corrected chi connectivity index (χ4v) is 4.01. The van der Waals surface area contributed by atoms with Crippen LogP contribution in [0, 0.1) is 12.7 Å². The van der Waals surface area contributed by atoms with Crippen molar-refractivity contribution in [3.63, 3.8) is 0 Å². The van der Waals surface area contributed by atoms with Gasteiger partial charge in [0.15, 0.2) is 5.69 Å². The van der Waals surface area contributed by atoms with E-state index in [0.29, 0.717) is 28.0 Å². The van der Waals surface area contributed by atoms with E-state index in [2.05, 4.69) is 20.8 Å². The average Bonchev–Trinajstić information content (AvgIpc) is 3.32. The Hall–Kier alpha value is -3.73. The first-order valence-corrected chi connectivity index (χ1v) is 10.8. The van der Waals surface area contributed by atoms with Crippen molar-refractivity contribution in [2.24, 2.45) is 7.05 Å².